The third-order valence-electron chi connectivity index (χ3n) is 9.22. The first-order valence-corrected chi connectivity index (χ1v) is 17.7. The summed E-state index contributed by atoms with van der Waals surface area (Å²) in [6.45, 7) is 13.5. The fourth-order valence-electron chi connectivity index (χ4n) is 6.69. The molecule has 0 bridgehead atoms. The molecule has 3 amide bonds. The zero-order chi connectivity index (χ0) is 37.8. The van der Waals surface area contributed by atoms with Gasteiger partial charge in [0.25, 0.3) is 11.8 Å². The lowest BCUT2D eigenvalue weighted by Crippen LogP contribution is -2.21. The number of unbranched alkanes of at least 4 members (excludes halogenated alkanes) is 2. The second-order valence-corrected chi connectivity index (χ2v) is 12.8. The largest absolute Gasteiger partial charge is 0.366 e. The summed E-state index contributed by atoms with van der Waals surface area (Å²) in [6, 6.07) is 12.0. The molecule has 4 heterocycles. The summed E-state index contributed by atoms with van der Waals surface area (Å²) in [5.74, 6) is -0.484. The second-order valence-electron chi connectivity index (χ2n) is 12.8. The molecule has 0 spiro atoms. The number of imidazole rings is 2. The number of amides is 3. The van der Waals surface area contributed by atoms with Crippen LogP contribution in [0, 0.1) is 13.8 Å². The smallest absolute Gasteiger partial charge is 0.276 e. The molecule has 53 heavy (non-hydrogen) atoms. The molecule has 4 aromatic heterocycles. The number of allylic oxidation sites excluding steroid dienone is 1. The summed E-state index contributed by atoms with van der Waals surface area (Å²) in [4.78, 5) is 59.6. The standard InChI is InChI=1S/C38H43N11O4/c1-6-17-47-31-16-14-26(34(39)51)21-29(31)41-38(47)43-36(53)33-27(24(5)45-48(33)8-3)12-10-9-11-18-49-32(19-23(4)44-49)35(52)42-37-40-28-20-25(22-50)13-15-30(28)46(37)7-2/h6,13-16,19-22H,1,7-12,17-18H2,2-5H3,(H2,39,51)(H,40,42,52)(H,41,43,53). The Hall–Kier alpha value is -6.38. The number of primary amides is 1. The van der Waals surface area contributed by atoms with Crippen LogP contribution in [0.15, 0.2) is 55.1 Å². The Labute approximate surface area is 305 Å². The molecule has 15 nitrogen and oxygen atoms in total. The summed E-state index contributed by atoms with van der Waals surface area (Å²) in [5, 5.41) is 15.2. The Morgan fingerprint density at radius 3 is 2.23 bits per heavy atom. The first-order valence-electron chi connectivity index (χ1n) is 17.7. The number of aryl methyl sites for hydroxylation is 5. The number of nitrogens with two attached hydrogens (primary N) is 1. The molecular formula is C38H43N11O4. The minimum atomic E-state index is -0.560. The van der Waals surface area contributed by atoms with Gasteiger partial charge in [-0.05, 0) is 89.4 Å². The zero-order valence-electron chi connectivity index (χ0n) is 30.3. The molecule has 4 N–H and O–H groups in total. The van der Waals surface area contributed by atoms with Crippen molar-refractivity contribution in [2.24, 2.45) is 5.73 Å². The van der Waals surface area contributed by atoms with E-state index < -0.39 is 5.91 Å². The van der Waals surface area contributed by atoms with Crippen molar-refractivity contribution in [1.82, 2.24) is 38.7 Å². The minimum Gasteiger partial charge on any atom is -0.366 e. The minimum absolute atomic E-state index is 0.320. The van der Waals surface area contributed by atoms with E-state index in [1.54, 1.807) is 51.8 Å². The van der Waals surface area contributed by atoms with Crippen molar-refractivity contribution in [3.63, 3.8) is 0 Å². The van der Waals surface area contributed by atoms with E-state index in [9.17, 15) is 19.2 Å². The Kier molecular flexibility index (Phi) is 10.6. The van der Waals surface area contributed by atoms with Crippen molar-refractivity contribution in [3.05, 3.63) is 94.6 Å². The summed E-state index contributed by atoms with van der Waals surface area (Å²) >= 11 is 0. The van der Waals surface area contributed by atoms with Crippen LogP contribution in [0.5, 0.6) is 0 Å². The topological polar surface area (TPSA) is 190 Å². The Morgan fingerprint density at radius 1 is 0.830 bits per heavy atom. The average Bonchev–Trinajstić information content (AvgIpc) is 3.88. The van der Waals surface area contributed by atoms with Crippen LogP contribution in [0.2, 0.25) is 0 Å². The maximum absolute atomic E-state index is 13.9. The van der Waals surface area contributed by atoms with Gasteiger partial charge >= 0.3 is 0 Å². The van der Waals surface area contributed by atoms with Gasteiger partial charge in [-0.25, -0.2) is 9.97 Å². The number of rotatable bonds is 16. The molecule has 0 fully saturated rings. The van der Waals surface area contributed by atoms with Crippen LogP contribution in [0.4, 0.5) is 11.9 Å². The molecule has 6 aromatic rings. The maximum Gasteiger partial charge on any atom is 0.276 e. The predicted octanol–water partition coefficient (Wildman–Crippen LogP) is 5.45. The van der Waals surface area contributed by atoms with Gasteiger partial charge in [0.05, 0.1) is 33.5 Å². The SMILES string of the molecule is C=CCn1c(NC(=O)c2c(CCCCCn3nc(C)cc3C(=O)Nc3nc4cc(C=O)ccc4n3CC)c(C)nn2CC)nc2cc(C(N)=O)ccc21. The Bertz CT molecular complexity index is 2380. The lowest BCUT2D eigenvalue weighted by molar-refractivity contribution is 0.0994. The summed E-state index contributed by atoms with van der Waals surface area (Å²) < 4.78 is 7.14. The van der Waals surface area contributed by atoms with E-state index in [2.05, 4.69) is 37.4 Å². The Morgan fingerprint density at radius 2 is 1.53 bits per heavy atom. The molecule has 0 unspecified atom stereocenters. The van der Waals surface area contributed by atoms with E-state index >= 15 is 0 Å². The van der Waals surface area contributed by atoms with Gasteiger partial charge in [0.1, 0.15) is 17.7 Å². The number of anilines is 2. The van der Waals surface area contributed by atoms with Gasteiger partial charge in [0.2, 0.25) is 17.8 Å². The van der Waals surface area contributed by atoms with Crippen molar-refractivity contribution in [2.45, 2.75) is 79.6 Å². The van der Waals surface area contributed by atoms with Gasteiger partial charge in [0.15, 0.2) is 0 Å². The van der Waals surface area contributed by atoms with E-state index in [0.717, 1.165) is 53.5 Å². The van der Waals surface area contributed by atoms with E-state index in [0.29, 0.717) is 78.0 Å². The van der Waals surface area contributed by atoms with Crippen LogP contribution in [-0.2, 0) is 32.6 Å². The molecule has 0 aliphatic carbocycles. The number of hydrogen-bond donors (Lipinski definition) is 3. The number of benzene rings is 2. The number of aldehydes is 1. The predicted molar refractivity (Wildman–Crippen MR) is 202 cm³/mol. The number of carbonyl (C=O) groups excluding carboxylic acids is 4. The molecule has 274 valence electrons. The van der Waals surface area contributed by atoms with E-state index in [4.69, 9.17) is 5.73 Å². The number of nitrogens with zero attached hydrogens (tertiary/aromatic N) is 8. The van der Waals surface area contributed by atoms with E-state index in [-0.39, 0.29) is 11.8 Å². The van der Waals surface area contributed by atoms with Crippen molar-refractivity contribution < 1.29 is 19.2 Å². The Balaban J connectivity index is 1.12. The number of hydrogen-bond acceptors (Lipinski definition) is 8. The molecule has 0 saturated heterocycles. The van der Waals surface area contributed by atoms with Crippen molar-refractivity contribution >= 4 is 58.0 Å². The summed E-state index contributed by atoms with van der Waals surface area (Å²) in [7, 11) is 0. The molecule has 6 rings (SSSR count). The van der Waals surface area contributed by atoms with Gasteiger partial charge < -0.3 is 14.9 Å². The molecule has 15 heteroatoms. The van der Waals surface area contributed by atoms with Gasteiger partial charge in [-0.2, -0.15) is 10.2 Å². The van der Waals surface area contributed by atoms with Crippen LogP contribution in [0.1, 0.15) is 91.8 Å². The zero-order valence-corrected chi connectivity index (χ0v) is 30.3. The lowest BCUT2D eigenvalue weighted by atomic mass is 10.0. The molecule has 2 aromatic carbocycles. The van der Waals surface area contributed by atoms with Gasteiger partial charge in [0, 0.05) is 42.9 Å². The molecule has 0 aliphatic heterocycles. The average molecular weight is 718 g/mol. The number of nitrogens with one attached hydrogen (secondary N) is 2. The van der Waals surface area contributed by atoms with Crippen LogP contribution in [0.25, 0.3) is 22.1 Å². The number of fused-ring (bicyclic) bond motifs is 2. The third-order valence-corrected chi connectivity index (χ3v) is 9.22. The highest BCUT2D eigenvalue weighted by atomic mass is 16.2. The van der Waals surface area contributed by atoms with Crippen LogP contribution in [-0.4, -0.2) is 62.7 Å². The maximum atomic E-state index is 13.9. The lowest BCUT2D eigenvalue weighted by Gasteiger charge is -2.11. The van der Waals surface area contributed by atoms with E-state index in [1.807, 2.05) is 42.9 Å². The normalized spacial score (nSPS) is 11.3. The van der Waals surface area contributed by atoms with Crippen molar-refractivity contribution in [2.75, 3.05) is 10.6 Å². The second kappa shape index (κ2) is 15.5. The molecule has 0 saturated carbocycles. The highest BCUT2D eigenvalue weighted by Gasteiger charge is 2.24. The summed E-state index contributed by atoms with van der Waals surface area (Å²) in [5.41, 5.74) is 12.3. The highest BCUT2D eigenvalue weighted by molar-refractivity contribution is 6.05. The third kappa shape index (κ3) is 7.36. The number of carbonyl (C=O) groups is 4. The first-order chi connectivity index (χ1) is 25.6. The quantitative estimate of drug-likeness (QED) is 0.0669. The van der Waals surface area contributed by atoms with Crippen LogP contribution in [0.3, 0.4) is 0 Å². The summed E-state index contributed by atoms with van der Waals surface area (Å²) in [6.07, 6.45) is 5.47. The highest BCUT2D eigenvalue weighted by Crippen LogP contribution is 2.25. The van der Waals surface area contributed by atoms with E-state index in [1.165, 1.54) is 0 Å². The van der Waals surface area contributed by atoms with Crippen LogP contribution < -0.4 is 16.4 Å². The molecule has 0 aliphatic rings. The molecule has 0 atom stereocenters. The van der Waals surface area contributed by atoms with Gasteiger partial charge in [-0.3, -0.25) is 39.2 Å². The van der Waals surface area contributed by atoms with Crippen molar-refractivity contribution in [1.29, 1.82) is 0 Å². The van der Waals surface area contributed by atoms with Gasteiger partial charge in [-0.1, -0.05) is 12.5 Å². The fourth-order valence-corrected chi connectivity index (χ4v) is 6.69. The fraction of sp³-hybridized carbons (Fsp3) is 0.316. The molecular weight excluding hydrogens is 674 g/mol. The molecule has 0 radical (unpaired) electrons. The van der Waals surface area contributed by atoms with Crippen molar-refractivity contribution in [3.8, 4) is 0 Å². The van der Waals surface area contributed by atoms with Crippen LogP contribution >= 0.6 is 0 Å². The first kappa shape index (κ1) is 36.4. The number of aromatic nitrogens is 8. The monoisotopic (exact) mass is 717 g/mol. The van der Waals surface area contributed by atoms with Gasteiger partial charge in [-0.15, -0.1) is 6.58 Å².